The molecule has 3 nitrogen and oxygen atoms in total. The first-order valence-corrected chi connectivity index (χ1v) is 8.59. The Kier molecular flexibility index (Phi) is 3.32. The molecule has 0 saturated carbocycles. The van der Waals surface area contributed by atoms with Crippen molar-refractivity contribution in [3.05, 3.63) is 40.7 Å². The number of thiazole rings is 1. The second-order valence-corrected chi connectivity index (χ2v) is 7.16. The second-order valence-electron chi connectivity index (χ2n) is 6.22. The fraction of sp³-hybridized carbons (Fsp3) is 0.471. The SMILES string of the molecule is OC1(Cc2nc(-c3ccccc3)cs2)CCN2CCCC21. The zero-order chi connectivity index (χ0) is 14.3. The Bertz CT molecular complexity index is 627. The average Bonchev–Trinajstić information content (AvgIpc) is 3.20. The van der Waals surface area contributed by atoms with Crippen molar-refractivity contribution < 1.29 is 5.11 Å². The Morgan fingerprint density at radius 1 is 1.29 bits per heavy atom. The summed E-state index contributed by atoms with van der Waals surface area (Å²) in [6.07, 6.45) is 3.94. The van der Waals surface area contributed by atoms with Crippen LogP contribution in [0.5, 0.6) is 0 Å². The van der Waals surface area contributed by atoms with E-state index < -0.39 is 5.60 Å². The second kappa shape index (κ2) is 5.20. The van der Waals surface area contributed by atoms with E-state index in [0.717, 1.165) is 42.2 Å². The molecule has 1 aromatic carbocycles. The molecule has 2 unspecified atom stereocenters. The predicted octanol–water partition coefficient (Wildman–Crippen LogP) is 2.95. The summed E-state index contributed by atoms with van der Waals surface area (Å²) in [5.74, 6) is 0. The summed E-state index contributed by atoms with van der Waals surface area (Å²) in [6, 6.07) is 10.6. The number of nitrogens with zero attached hydrogens (tertiary/aromatic N) is 2. The van der Waals surface area contributed by atoms with Crippen LogP contribution in [0.1, 0.15) is 24.3 Å². The van der Waals surface area contributed by atoms with Crippen molar-refractivity contribution in [1.82, 2.24) is 9.88 Å². The molecule has 2 aliphatic heterocycles. The average molecular weight is 300 g/mol. The first-order chi connectivity index (χ1) is 10.2. The monoisotopic (exact) mass is 300 g/mol. The van der Waals surface area contributed by atoms with Gasteiger partial charge in [0.1, 0.15) is 0 Å². The molecule has 1 aromatic heterocycles. The van der Waals surface area contributed by atoms with Crippen LogP contribution in [-0.2, 0) is 6.42 Å². The topological polar surface area (TPSA) is 36.4 Å². The van der Waals surface area contributed by atoms with Crippen molar-refractivity contribution in [2.45, 2.75) is 37.3 Å². The molecule has 2 aliphatic rings. The Morgan fingerprint density at radius 3 is 3.00 bits per heavy atom. The maximum atomic E-state index is 11.0. The van der Waals surface area contributed by atoms with Crippen LogP contribution in [0.3, 0.4) is 0 Å². The van der Waals surface area contributed by atoms with E-state index in [1.165, 1.54) is 6.42 Å². The first kappa shape index (κ1) is 13.4. The van der Waals surface area contributed by atoms with Crippen LogP contribution < -0.4 is 0 Å². The third-order valence-corrected chi connectivity index (χ3v) is 5.74. The van der Waals surface area contributed by atoms with Crippen LogP contribution in [0.4, 0.5) is 0 Å². The van der Waals surface area contributed by atoms with E-state index in [4.69, 9.17) is 4.98 Å². The van der Waals surface area contributed by atoms with Gasteiger partial charge in [-0.25, -0.2) is 4.98 Å². The summed E-state index contributed by atoms with van der Waals surface area (Å²) in [5, 5.41) is 14.2. The maximum Gasteiger partial charge on any atom is 0.0961 e. The maximum absolute atomic E-state index is 11.0. The highest BCUT2D eigenvalue weighted by Crippen LogP contribution is 2.38. The van der Waals surface area contributed by atoms with Crippen LogP contribution in [0.25, 0.3) is 11.3 Å². The summed E-state index contributed by atoms with van der Waals surface area (Å²) in [6.45, 7) is 2.19. The predicted molar refractivity (Wildman–Crippen MR) is 85.4 cm³/mol. The smallest absolute Gasteiger partial charge is 0.0961 e. The summed E-state index contributed by atoms with van der Waals surface area (Å²) in [7, 11) is 0. The lowest BCUT2D eigenvalue weighted by molar-refractivity contribution is 0.0141. The van der Waals surface area contributed by atoms with Crippen LogP contribution in [0.2, 0.25) is 0 Å². The lowest BCUT2D eigenvalue weighted by Gasteiger charge is -2.29. The van der Waals surface area contributed by atoms with E-state index in [-0.39, 0.29) is 0 Å². The number of rotatable bonds is 3. The molecule has 0 aliphatic carbocycles. The molecule has 0 bridgehead atoms. The lowest BCUT2D eigenvalue weighted by Crippen LogP contribution is -2.42. The zero-order valence-corrected chi connectivity index (χ0v) is 12.9. The van der Waals surface area contributed by atoms with Gasteiger partial charge in [-0.3, -0.25) is 4.90 Å². The molecule has 3 heterocycles. The van der Waals surface area contributed by atoms with Crippen LogP contribution in [0.15, 0.2) is 35.7 Å². The van der Waals surface area contributed by atoms with E-state index in [0.29, 0.717) is 12.5 Å². The molecular weight excluding hydrogens is 280 g/mol. The highest BCUT2D eigenvalue weighted by molar-refractivity contribution is 7.09. The number of aromatic nitrogens is 1. The minimum absolute atomic E-state index is 0.349. The summed E-state index contributed by atoms with van der Waals surface area (Å²) < 4.78 is 0. The zero-order valence-electron chi connectivity index (χ0n) is 12.0. The van der Waals surface area contributed by atoms with Gasteiger partial charge in [-0.05, 0) is 25.8 Å². The van der Waals surface area contributed by atoms with Crippen LogP contribution >= 0.6 is 11.3 Å². The fourth-order valence-corrected chi connectivity index (χ4v) is 4.73. The largest absolute Gasteiger partial charge is 0.388 e. The molecule has 0 amide bonds. The molecule has 2 fully saturated rings. The first-order valence-electron chi connectivity index (χ1n) is 7.71. The van der Waals surface area contributed by atoms with E-state index >= 15 is 0 Å². The van der Waals surface area contributed by atoms with Gasteiger partial charge in [0.05, 0.1) is 16.3 Å². The minimum Gasteiger partial charge on any atom is -0.388 e. The Labute approximate surface area is 129 Å². The fourth-order valence-electron chi connectivity index (χ4n) is 3.81. The van der Waals surface area contributed by atoms with Crippen molar-refractivity contribution in [2.75, 3.05) is 13.1 Å². The van der Waals surface area contributed by atoms with E-state index in [1.807, 2.05) is 18.2 Å². The molecule has 2 saturated heterocycles. The van der Waals surface area contributed by atoms with Crippen LogP contribution in [-0.4, -0.2) is 39.7 Å². The van der Waals surface area contributed by atoms with Gasteiger partial charge in [0.15, 0.2) is 0 Å². The number of fused-ring (bicyclic) bond motifs is 1. The number of hydrogen-bond donors (Lipinski definition) is 1. The Balaban J connectivity index is 1.54. The van der Waals surface area contributed by atoms with Crippen molar-refractivity contribution in [3.63, 3.8) is 0 Å². The normalized spacial score (nSPS) is 28.9. The van der Waals surface area contributed by atoms with Gasteiger partial charge in [-0.15, -0.1) is 11.3 Å². The van der Waals surface area contributed by atoms with E-state index in [2.05, 4.69) is 22.4 Å². The molecule has 0 spiro atoms. The Hall–Kier alpha value is -1.23. The highest BCUT2D eigenvalue weighted by Gasteiger charge is 2.48. The van der Waals surface area contributed by atoms with Gasteiger partial charge >= 0.3 is 0 Å². The number of aliphatic hydroxyl groups is 1. The molecule has 2 aromatic rings. The molecule has 110 valence electrons. The van der Waals surface area contributed by atoms with Crippen molar-refractivity contribution in [3.8, 4) is 11.3 Å². The van der Waals surface area contributed by atoms with Gasteiger partial charge in [-0.1, -0.05) is 30.3 Å². The molecule has 4 rings (SSSR count). The van der Waals surface area contributed by atoms with E-state index in [1.54, 1.807) is 11.3 Å². The van der Waals surface area contributed by atoms with E-state index in [9.17, 15) is 5.11 Å². The van der Waals surface area contributed by atoms with Crippen LogP contribution in [0, 0.1) is 0 Å². The standard InChI is InChI=1S/C17H20N2OS/c20-17(8-10-19-9-4-7-15(17)19)11-16-18-14(12-21-16)13-5-2-1-3-6-13/h1-3,5-6,12,15,20H,4,7-11H2. The number of hydrogen-bond acceptors (Lipinski definition) is 4. The highest BCUT2D eigenvalue weighted by atomic mass is 32.1. The van der Waals surface area contributed by atoms with Gasteiger partial charge < -0.3 is 5.11 Å². The lowest BCUT2D eigenvalue weighted by atomic mass is 9.89. The summed E-state index contributed by atoms with van der Waals surface area (Å²) in [5.41, 5.74) is 1.61. The molecular formula is C17H20N2OS. The third-order valence-electron chi connectivity index (χ3n) is 4.89. The minimum atomic E-state index is -0.567. The summed E-state index contributed by atoms with van der Waals surface area (Å²) >= 11 is 1.67. The van der Waals surface area contributed by atoms with Crippen molar-refractivity contribution in [1.29, 1.82) is 0 Å². The Morgan fingerprint density at radius 2 is 2.14 bits per heavy atom. The molecule has 2 atom stereocenters. The van der Waals surface area contributed by atoms with Gasteiger partial charge in [0.2, 0.25) is 0 Å². The van der Waals surface area contributed by atoms with Crippen molar-refractivity contribution >= 4 is 11.3 Å². The molecule has 1 N–H and O–H groups in total. The molecule has 4 heteroatoms. The summed E-state index contributed by atoms with van der Waals surface area (Å²) in [4.78, 5) is 7.19. The van der Waals surface area contributed by atoms with Gasteiger partial charge in [-0.2, -0.15) is 0 Å². The van der Waals surface area contributed by atoms with Gasteiger partial charge in [0, 0.05) is 30.0 Å². The molecule has 0 radical (unpaired) electrons. The third kappa shape index (κ3) is 2.41. The quantitative estimate of drug-likeness (QED) is 0.947. The molecule has 21 heavy (non-hydrogen) atoms. The van der Waals surface area contributed by atoms with Crippen molar-refractivity contribution in [2.24, 2.45) is 0 Å². The number of benzene rings is 1. The van der Waals surface area contributed by atoms with Gasteiger partial charge in [0.25, 0.3) is 0 Å².